The number of rotatable bonds is 4. The van der Waals surface area contributed by atoms with Crippen molar-refractivity contribution in [3.8, 4) is 17.0 Å². The lowest BCUT2D eigenvalue weighted by atomic mass is 10.0. The van der Waals surface area contributed by atoms with Crippen LogP contribution in [0.3, 0.4) is 0 Å². The van der Waals surface area contributed by atoms with E-state index in [1.54, 1.807) is 12.1 Å². The number of nitrogens with one attached hydrogen (secondary N) is 1. The molecule has 0 bridgehead atoms. The van der Waals surface area contributed by atoms with Gasteiger partial charge in [-0.05, 0) is 42.5 Å². The normalized spacial score (nSPS) is 11.2. The number of nitrogens with zero attached hydrogens (tertiary/aromatic N) is 1. The number of methoxy groups -OCH3 is 1. The fourth-order valence-electron chi connectivity index (χ4n) is 2.59. The lowest BCUT2D eigenvalue weighted by Crippen LogP contribution is -2.12. The molecule has 0 saturated heterocycles. The van der Waals surface area contributed by atoms with E-state index >= 15 is 0 Å². The Hall–Kier alpha value is -3.06. The number of pyridine rings is 1. The Balaban J connectivity index is 1.82. The van der Waals surface area contributed by atoms with E-state index in [2.05, 4.69) is 10.3 Å². The van der Waals surface area contributed by atoms with Crippen LogP contribution < -0.4 is 10.1 Å². The van der Waals surface area contributed by atoms with E-state index in [1.807, 2.05) is 0 Å². The molecule has 3 aromatic rings. The van der Waals surface area contributed by atoms with Crippen LogP contribution >= 0.6 is 11.6 Å². The number of benzene rings is 2. The van der Waals surface area contributed by atoms with Crippen LogP contribution in [0, 0.1) is 0 Å². The number of anilines is 1. The average molecular weight is 407 g/mol. The second-order valence-corrected chi connectivity index (χ2v) is 6.19. The number of carbonyl (C=O) groups is 1. The topological polar surface area (TPSA) is 51.2 Å². The van der Waals surface area contributed by atoms with Crippen LogP contribution in [0.1, 0.15) is 15.9 Å². The van der Waals surface area contributed by atoms with E-state index in [9.17, 15) is 18.0 Å². The Kier molecular flexibility index (Phi) is 5.56. The van der Waals surface area contributed by atoms with Crippen molar-refractivity contribution in [2.45, 2.75) is 6.18 Å². The standard InChI is InChI=1S/C20H14ClF3N2O2/c1-28-17-9-8-14(11-16(17)21)26-19(27)13-6-4-12(5-7-13)18-15(20(22,23)24)3-2-10-25-18/h2-11H,1H3,(H,26,27). The molecule has 2 aromatic carbocycles. The Morgan fingerprint density at radius 3 is 2.43 bits per heavy atom. The zero-order valence-corrected chi connectivity index (χ0v) is 15.3. The second-order valence-electron chi connectivity index (χ2n) is 5.78. The number of amides is 1. The van der Waals surface area contributed by atoms with E-state index in [1.165, 1.54) is 49.7 Å². The first-order valence-corrected chi connectivity index (χ1v) is 8.45. The van der Waals surface area contributed by atoms with Crippen LogP contribution in [0.25, 0.3) is 11.3 Å². The third kappa shape index (κ3) is 4.26. The molecule has 144 valence electrons. The van der Waals surface area contributed by atoms with Crippen LogP contribution in [-0.2, 0) is 6.18 Å². The van der Waals surface area contributed by atoms with Crippen molar-refractivity contribution < 1.29 is 22.7 Å². The summed E-state index contributed by atoms with van der Waals surface area (Å²) in [5.74, 6) is 0.0460. The summed E-state index contributed by atoms with van der Waals surface area (Å²) in [5.41, 5.74) is -0.0231. The molecular weight excluding hydrogens is 393 g/mol. The first-order valence-electron chi connectivity index (χ1n) is 8.07. The minimum atomic E-state index is -4.52. The maximum atomic E-state index is 13.1. The Morgan fingerprint density at radius 2 is 1.82 bits per heavy atom. The summed E-state index contributed by atoms with van der Waals surface area (Å²) in [4.78, 5) is 16.2. The molecule has 0 unspecified atom stereocenters. The van der Waals surface area contributed by atoms with Crippen molar-refractivity contribution in [1.29, 1.82) is 0 Å². The van der Waals surface area contributed by atoms with Crippen LogP contribution in [-0.4, -0.2) is 18.0 Å². The fraction of sp³-hybridized carbons (Fsp3) is 0.100. The number of hydrogen-bond acceptors (Lipinski definition) is 3. The van der Waals surface area contributed by atoms with Crippen LogP contribution in [0.2, 0.25) is 5.02 Å². The zero-order valence-electron chi connectivity index (χ0n) is 14.5. The van der Waals surface area contributed by atoms with E-state index in [0.717, 1.165) is 6.07 Å². The Labute approximate surface area is 163 Å². The largest absolute Gasteiger partial charge is 0.495 e. The molecule has 3 rings (SSSR count). The number of ether oxygens (including phenoxy) is 1. The van der Waals surface area contributed by atoms with Gasteiger partial charge >= 0.3 is 6.18 Å². The quantitative estimate of drug-likeness (QED) is 0.606. The Morgan fingerprint density at radius 1 is 1.11 bits per heavy atom. The van der Waals surface area contributed by atoms with Gasteiger partial charge in [0.05, 0.1) is 23.4 Å². The molecule has 0 saturated carbocycles. The number of alkyl halides is 3. The number of hydrogen-bond donors (Lipinski definition) is 1. The molecule has 0 fully saturated rings. The molecule has 4 nitrogen and oxygen atoms in total. The molecule has 1 N–H and O–H groups in total. The first kappa shape index (κ1) is 19.7. The average Bonchev–Trinajstić information content (AvgIpc) is 2.67. The van der Waals surface area contributed by atoms with Crippen molar-refractivity contribution in [3.05, 3.63) is 76.9 Å². The summed E-state index contributed by atoms with van der Waals surface area (Å²) in [6.45, 7) is 0. The minimum absolute atomic E-state index is 0.191. The van der Waals surface area contributed by atoms with Crippen molar-refractivity contribution in [1.82, 2.24) is 4.98 Å². The molecule has 1 aromatic heterocycles. The van der Waals surface area contributed by atoms with Gasteiger partial charge in [0.1, 0.15) is 5.75 Å². The number of halogens is 4. The smallest absolute Gasteiger partial charge is 0.418 e. The maximum absolute atomic E-state index is 13.1. The predicted octanol–water partition coefficient (Wildman–Crippen LogP) is 5.68. The van der Waals surface area contributed by atoms with E-state index in [-0.39, 0.29) is 16.8 Å². The van der Waals surface area contributed by atoms with E-state index < -0.39 is 17.6 Å². The summed E-state index contributed by atoms with van der Waals surface area (Å²) in [6, 6.07) is 12.7. The molecule has 0 aliphatic rings. The number of aromatic nitrogens is 1. The molecular formula is C20H14ClF3N2O2. The molecule has 0 radical (unpaired) electrons. The molecule has 0 aliphatic carbocycles. The van der Waals surface area contributed by atoms with Crippen LogP contribution in [0.15, 0.2) is 60.8 Å². The molecule has 0 atom stereocenters. The Bertz CT molecular complexity index is 1010. The minimum Gasteiger partial charge on any atom is -0.495 e. The monoisotopic (exact) mass is 406 g/mol. The van der Waals surface area contributed by atoms with Gasteiger partial charge in [0, 0.05) is 23.0 Å². The van der Waals surface area contributed by atoms with Crippen LogP contribution in [0.5, 0.6) is 5.75 Å². The van der Waals surface area contributed by atoms with E-state index in [0.29, 0.717) is 16.5 Å². The fourth-order valence-corrected chi connectivity index (χ4v) is 2.85. The summed E-state index contributed by atoms with van der Waals surface area (Å²) >= 11 is 6.02. The molecule has 1 heterocycles. The summed E-state index contributed by atoms with van der Waals surface area (Å²) in [5, 5.41) is 3.01. The second kappa shape index (κ2) is 7.90. The first-order chi connectivity index (χ1) is 13.3. The highest BCUT2D eigenvalue weighted by molar-refractivity contribution is 6.32. The van der Waals surface area contributed by atoms with E-state index in [4.69, 9.17) is 16.3 Å². The molecule has 8 heteroatoms. The third-order valence-corrected chi connectivity index (χ3v) is 4.24. The SMILES string of the molecule is COc1ccc(NC(=O)c2ccc(-c3ncccc3C(F)(F)F)cc2)cc1Cl. The highest BCUT2D eigenvalue weighted by Crippen LogP contribution is 2.35. The molecule has 0 aliphatic heterocycles. The van der Waals surface area contributed by atoms with Gasteiger partial charge in [-0.2, -0.15) is 13.2 Å². The number of carbonyl (C=O) groups excluding carboxylic acids is 1. The van der Waals surface area contributed by atoms with Gasteiger partial charge < -0.3 is 10.1 Å². The van der Waals surface area contributed by atoms with Crippen molar-refractivity contribution in [2.24, 2.45) is 0 Å². The molecule has 1 amide bonds. The lowest BCUT2D eigenvalue weighted by Gasteiger charge is -2.12. The van der Waals surface area contributed by atoms with Gasteiger partial charge in [-0.1, -0.05) is 23.7 Å². The lowest BCUT2D eigenvalue weighted by molar-refractivity contribution is -0.137. The highest BCUT2D eigenvalue weighted by Gasteiger charge is 2.34. The van der Waals surface area contributed by atoms with Crippen molar-refractivity contribution in [2.75, 3.05) is 12.4 Å². The van der Waals surface area contributed by atoms with Crippen LogP contribution in [0.4, 0.5) is 18.9 Å². The van der Waals surface area contributed by atoms with Gasteiger partial charge in [-0.3, -0.25) is 9.78 Å². The molecule has 28 heavy (non-hydrogen) atoms. The maximum Gasteiger partial charge on any atom is 0.418 e. The highest BCUT2D eigenvalue weighted by atomic mass is 35.5. The van der Waals surface area contributed by atoms with Gasteiger partial charge in [0.2, 0.25) is 0 Å². The third-order valence-electron chi connectivity index (χ3n) is 3.94. The molecule has 0 spiro atoms. The summed E-state index contributed by atoms with van der Waals surface area (Å²) in [7, 11) is 1.48. The summed E-state index contributed by atoms with van der Waals surface area (Å²) < 4.78 is 44.5. The zero-order chi connectivity index (χ0) is 20.3. The van der Waals surface area contributed by atoms with Gasteiger partial charge in [-0.25, -0.2) is 0 Å². The van der Waals surface area contributed by atoms with Gasteiger partial charge in [0.15, 0.2) is 0 Å². The van der Waals surface area contributed by atoms with Gasteiger partial charge in [-0.15, -0.1) is 0 Å². The summed E-state index contributed by atoms with van der Waals surface area (Å²) in [6.07, 6.45) is -3.23. The van der Waals surface area contributed by atoms with Crippen molar-refractivity contribution >= 4 is 23.2 Å². The van der Waals surface area contributed by atoms with Crippen molar-refractivity contribution in [3.63, 3.8) is 0 Å². The predicted molar refractivity (Wildman–Crippen MR) is 101 cm³/mol. The van der Waals surface area contributed by atoms with Gasteiger partial charge in [0.25, 0.3) is 5.91 Å².